The quantitative estimate of drug-likeness (QED) is 0.691. The van der Waals surface area contributed by atoms with Crippen molar-refractivity contribution in [2.24, 2.45) is 0 Å². The van der Waals surface area contributed by atoms with Crippen LogP contribution in [-0.4, -0.2) is 26.2 Å². The molecule has 1 aliphatic heterocycles. The van der Waals surface area contributed by atoms with E-state index in [9.17, 15) is 0 Å². The average molecular weight is 270 g/mol. The normalized spacial score (nSPS) is 14.1. The molecule has 3 nitrogen and oxygen atoms in total. The fraction of sp³-hybridized carbons (Fsp3) is 1.00. The van der Waals surface area contributed by atoms with Gasteiger partial charge in [0.1, 0.15) is 0 Å². The minimum absolute atomic E-state index is 0. The third kappa shape index (κ3) is 18.2. The van der Waals surface area contributed by atoms with Crippen molar-refractivity contribution >= 4 is 17.0 Å². The van der Waals surface area contributed by atoms with Gasteiger partial charge in [0.15, 0.2) is 0 Å². The number of rotatable bonds is 3. The second-order valence-electron chi connectivity index (χ2n) is 3.21. The summed E-state index contributed by atoms with van der Waals surface area (Å²) in [6.07, 6.45) is 5.54. The number of hydrogen-bond acceptors (Lipinski definition) is 3. The van der Waals surface area contributed by atoms with Gasteiger partial charge >= 0.3 is 0 Å². The van der Waals surface area contributed by atoms with E-state index >= 15 is 0 Å². The van der Waals surface area contributed by atoms with E-state index in [-0.39, 0.29) is 23.1 Å². The predicted octanol–water partition coefficient (Wildman–Crippen LogP) is 2.51. The van der Waals surface area contributed by atoms with Crippen LogP contribution in [0.4, 0.5) is 0 Å². The van der Waals surface area contributed by atoms with Crippen molar-refractivity contribution in [3.05, 3.63) is 0 Å². The molecule has 0 saturated carbocycles. The van der Waals surface area contributed by atoms with Gasteiger partial charge in [-0.05, 0) is 0 Å². The Morgan fingerprint density at radius 1 is 0.786 bits per heavy atom. The lowest BCUT2D eigenvalue weighted by molar-refractivity contribution is 0.534. The van der Waals surface area contributed by atoms with E-state index in [1.165, 1.54) is 25.7 Å². The van der Waals surface area contributed by atoms with E-state index in [2.05, 4.69) is 24.5 Å². The van der Waals surface area contributed by atoms with Crippen LogP contribution in [0.1, 0.15) is 39.5 Å². The zero-order valence-corrected chi connectivity index (χ0v) is 11.5. The molecule has 14 heavy (non-hydrogen) atoms. The second kappa shape index (κ2) is 19.0. The van der Waals surface area contributed by atoms with Gasteiger partial charge in [-0.3, -0.25) is 0 Å². The summed E-state index contributed by atoms with van der Waals surface area (Å²) in [4.78, 5) is 0. The average Bonchev–Trinajstić information content (AvgIpc) is 2.18. The third-order valence-electron chi connectivity index (χ3n) is 1.91. The standard InChI is InChI=1S/C6H14.C4H10N2.BrH.H3N/c1-3-5-6-4-2;1-2-6-4-3-5-1;;/h3-6H2,1-2H3;5-6H,1-4H2;1H;1H3. The molecule has 1 rings (SSSR count). The van der Waals surface area contributed by atoms with Crippen LogP contribution in [0.3, 0.4) is 0 Å². The fourth-order valence-electron chi connectivity index (χ4n) is 1.10. The van der Waals surface area contributed by atoms with Gasteiger partial charge in [0.2, 0.25) is 0 Å². The monoisotopic (exact) mass is 269 g/mol. The molecule has 0 aromatic heterocycles. The molecule has 1 saturated heterocycles. The van der Waals surface area contributed by atoms with E-state index < -0.39 is 0 Å². The maximum Gasteiger partial charge on any atom is 0.00772 e. The first-order valence-corrected chi connectivity index (χ1v) is 5.33. The molecule has 0 aromatic carbocycles. The van der Waals surface area contributed by atoms with Gasteiger partial charge in [-0.2, -0.15) is 0 Å². The molecule has 0 amide bonds. The van der Waals surface area contributed by atoms with Crippen LogP contribution >= 0.6 is 17.0 Å². The summed E-state index contributed by atoms with van der Waals surface area (Å²) < 4.78 is 0. The summed E-state index contributed by atoms with van der Waals surface area (Å²) in [5, 5.41) is 6.44. The maximum atomic E-state index is 3.22. The third-order valence-corrected chi connectivity index (χ3v) is 1.91. The summed E-state index contributed by atoms with van der Waals surface area (Å²) in [6.45, 7) is 9.02. The summed E-state index contributed by atoms with van der Waals surface area (Å²) >= 11 is 0. The summed E-state index contributed by atoms with van der Waals surface area (Å²) in [5.41, 5.74) is 0. The molecule has 1 heterocycles. The maximum absolute atomic E-state index is 3.22. The highest BCUT2D eigenvalue weighted by Gasteiger charge is 1.91. The highest BCUT2D eigenvalue weighted by molar-refractivity contribution is 8.93. The molecule has 1 fully saturated rings. The van der Waals surface area contributed by atoms with E-state index in [1.54, 1.807) is 0 Å². The van der Waals surface area contributed by atoms with Crippen molar-refractivity contribution in [3.8, 4) is 0 Å². The number of piperazine rings is 1. The van der Waals surface area contributed by atoms with Crippen LogP contribution in [0.15, 0.2) is 0 Å². The largest absolute Gasteiger partial charge is 0.344 e. The van der Waals surface area contributed by atoms with E-state index in [0.29, 0.717) is 0 Å². The Hall–Kier alpha value is 0.360. The van der Waals surface area contributed by atoms with Crippen LogP contribution < -0.4 is 16.8 Å². The molecule has 0 atom stereocenters. The predicted molar refractivity (Wildman–Crippen MR) is 70.9 cm³/mol. The van der Waals surface area contributed by atoms with Crippen LogP contribution in [-0.2, 0) is 0 Å². The van der Waals surface area contributed by atoms with Crippen LogP contribution in [0.2, 0.25) is 0 Å². The van der Waals surface area contributed by atoms with Crippen molar-refractivity contribution in [2.75, 3.05) is 26.2 Å². The van der Waals surface area contributed by atoms with Crippen LogP contribution in [0.5, 0.6) is 0 Å². The number of nitrogens with one attached hydrogen (secondary N) is 2. The van der Waals surface area contributed by atoms with E-state index in [1.807, 2.05) is 0 Å². The molecular formula is C10H28BrN3. The molecule has 1 aliphatic rings. The molecule has 0 spiro atoms. The fourth-order valence-corrected chi connectivity index (χ4v) is 1.10. The van der Waals surface area contributed by atoms with Gasteiger partial charge in [-0.25, -0.2) is 0 Å². The smallest absolute Gasteiger partial charge is 0.00772 e. The molecule has 0 aliphatic carbocycles. The molecule has 0 unspecified atom stereocenters. The van der Waals surface area contributed by atoms with E-state index in [0.717, 1.165) is 26.2 Å². The molecule has 0 aromatic rings. The zero-order chi connectivity index (χ0) is 9.07. The Morgan fingerprint density at radius 2 is 1.07 bits per heavy atom. The van der Waals surface area contributed by atoms with Crippen LogP contribution in [0, 0.1) is 0 Å². The lowest BCUT2D eigenvalue weighted by Gasteiger charge is -2.11. The first-order chi connectivity index (χ1) is 5.91. The zero-order valence-electron chi connectivity index (χ0n) is 9.77. The minimum atomic E-state index is 0. The number of hydrogen-bond donors (Lipinski definition) is 3. The van der Waals surface area contributed by atoms with Gasteiger partial charge in [-0.1, -0.05) is 39.5 Å². The van der Waals surface area contributed by atoms with Gasteiger partial charge in [-0.15, -0.1) is 17.0 Å². The highest BCUT2D eigenvalue weighted by Crippen LogP contribution is 1.95. The number of halogens is 1. The van der Waals surface area contributed by atoms with Gasteiger partial charge in [0.05, 0.1) is 0 Å². The Kier molecular flexibility index (Phi) is 27.0. The van der Waals surface area contributed by atoms with Crippen molar-refractivity contribution in [1.29, 1.82) is 0 Å². The molecule has 4 heteroatoms. The van der Waals surface area contributed by atoms with Crippen molar-refractivity contribution in [3.63, 3.8) is 0 Å². The Balaban J connectivity index is -0.000000151. The summed E-state index contributed by atoms with van der Waals surface area (Å²) in [6, 6.07) is 0. The second-order valence-corrected chi connectivity index (χ2v) is 3.21. The first kappa shape index (κ1) is 19.9. The van der Waals surface area contributed by atoms with E-state index in [4.69, 9.17) is 0 Å². The molecule has 0 radical (unpaired) electrons. The number of unbranched alkanes of at least 4 members (excludes halogenated alkanes) is 3. The Bertz CT molecular complexity index is 62.3. The van der Waals surface area contributed by atoms with Gasteiger partial charge < -0.3 is 16.8 Å². The SMILES string of the molecule is Br.C1CNCCN1.CCCCCC.N. The first-order valence-electron chi connectivity index (χ1n) is 5.33. The van der Waals surface area contributed by atoms with Crippen LogP contribution in [0.25, 0.3) is 0 Å². The molecule has 90 valence electrons. The lowest BCUT2D eigenvalue weighted by atomic mass is 10.2. The van der Waals surface area contributed by atoms with Crippen molar-refractivity contribution < 1.29 is 0 Å². The van der Waals surface area contributed by atoms with Crippen molar-refractivity contribution in [2.45, 2.75) is 39.5 Å². The molecule has 5 N–H and O–H groups in total. The molecule has 0 bridgehead atoms. The Morgan fingerprint density at radius 3 is 1.21 bits per heavy atom. The Labute approximate surface area is 99.8 Å². The minimum Gasteiger partial charge on any atom is -0.344 e. The van der Waals surface area contributed by atoms with Gasteiger partial charge in [0.25, 0.3) is 0 Å². The summed E-state index contributed by atoms with van der Waals surface area (Å²) in [5.74, 6) is 0. The van der Waals surface area contributed by atoms with Crippen molar-refractivity contribution in [1.82, 2.24) is 16.8 Å². The topological polar surface area (TPSA) is 59.1 Å². The van der Waals surface area contributed by atoms with Gasteiger partial charge in [0, 0.05) is 26.2 Å². The molecular weight excluding hydrogens is 242 g/mol. The highest BCUT2D eigenvalue weighted by atomic mass is 79.9. The summed E-state index contributed by atoms with van der Waals surface area (Å²) in [7, 11) is 0. The lowest BCUT2D eigenvalue weighted by Crippen LogP contribution is -2.39.